The van der Waals surface area contributed by atoms with E-state index in [2.05, 4.69) is 15.1 Å². The van der Waals surface area contributed by atoms with Crippen molar-refractivity contribution < 1.29 is 35.6 Å². The number of halogens is 7. The zero-order valence-corrected chi connectivity index (χ0v) is 15.8. The number of aromatic amines is 1. The summed E-state index contributed by atoms with van der Waals surface area (Å²) >= 11 is 5.48. The third kappa shape index (κ3) is 4.38. The van der Waals surface area contributed by atoms with Crippen LogP contribution >= 0.6 is 11.6 Å². The normalized spacial score (nSPS) is 14.7. The Hall–Kier alpha value is -3.02. The lowest BCUT2D eigenvalue weighted by atomic mass is 10.2. The highest BCUT2D eigenvalue weighted by molar-refractivity contribution is 6.31. The van der Waals surface area contributed by atoms with Crippen LogP contribution in [0.1, 0.15) is 35.8 Å². The predicted molar refractivity (Wildman–Crippen MR) is 93.9 cm³/mol. The van der Waals surface area contributed by atoms with E-state index >= 15 is 0 Å². The lowest BCUT2D eigenvalue weighted by molar-refractivity contribution is -0.142. The lowest BCUT2D eigenvalue weighted by Gasteiger charge is -2.14. The molecule has 2 aromatic heterocycles. The fourth-order valence-electron chi connectivity index (χ4n) is 2.73. The van der Waals surface area contributed by atoms with Crippen molar-refractivity contribution >= 4 is 11.6 Å². The largest absolute Gasteiger partial charge is 0.449 e. The molecule has 1 aromatic carbocycles. The molecular weight excluding hydrogens is 456 g/mol. The number of ether oxygens (including phenoxy) is 1. The van der Waals surface area contributed by atoms with Gasteiger partial charge in [0.2, 0.25) is 5.75 Å². The second kappa shape index (κ2) is 7.29. The standard InChI is InChI=1S/C18H10ClF6N3O3/c19-10-4-3-8(5-9(10)17(20,21)22)30-13-14(18(23,24)25)26-15(27-16(13)29)11-6-12(31-28-11)7-1-2-7/h3-7H,1-2H2,(H,26,27,29). The minimum absolute atomic E-state index is 0.116. The van der Waals surface area contributed by atoms with Crippen LogP contribution < -0.4 is 10.3 Å². The van der Waals surface area contributed by atoms with E-state index in [-0.39, 0.29) is 11.6 Å². The molecule has 0 radical (unpaired) electrons. The quantitative estimate of drug-likeness (QED) is 0.494. The summed E-state index contributed by atoms with van der Waals surface area (Å²) < 4.78 is 89.6. The van der Waals surface area contributed by atoms with Crippen molar-refractivity contribution in [3.05, 3.63) is 56.7 Å². The topological polar surface area (TPSA) is 81.0 Å². The van der Waals surface area contributed by atoms with Gasteiger partial charge in [0.15, 0.2) is 11.5 Å². The molecule has 1 fully saturated rings. The maximum Gasteiger partial charge on any atom is 0.437 e. The van der Waals surface area contributed by atoms with Gasteiger partial charge in [0.25, 0.3) is 5.56 Å². The molecule has 0 unspecified atom stereocenters. The molecule has 1 N–H and O–H groups in total. The van der Waals surface area contributed by atoms with Gasteiger partial charge >= 0.3 is 12.4 Å². The van der Waals surface area contributed by atoms with Crippen LogP contribution in [0.25, 0.3) is 11.5 Å². The fourth-order valence-corrected chi connectivity index (χ4v) is 2.96. The molecule has 0 spiro atoms. The molecule has 4 rings (SSSR count). The fraction of sp³-hybridized carbons (Fsp3) is 0.278. The number of rotatable bonds is 4. The smallest absolute Gasteiger partial charge is 0.437 e. The lowest BCUT2D eigenvalue weighted by Crippen LogP contribution is -2.21. The average Bonchev–Trinajstić information content (AvgIpc) is 3.39. The second-order valence-electron chi connectivity index (χ2n) is 6.72. The molecule has 0 amide bonds. The van der Waals surface area contributed by atoms with Gasteiger partial charge in [-0.25, -0.2) is 4.98 Å². The van der Waals surface area contributed by atoms with Gasteiger partial charge < -0.3 is 14.2 Å². The van der Waals surface area contributed by atoms with Gasteiger partial charge in [-0.3, -0.25) is 4.79 Å². The van der Waals surface area contributed by atoms with Crippen LogP contribution in [-0.2, 0) is 12.4 Å². The Kier molecular flexibility index (Phi) is 4.99. The molecule has 1 aliphatic rings. The number of aromatic nitrogens is 3. The molecule has 3 aromatic rings. The first-order chi connectivity index (χ1) is 14.4. The first kappa shape index (κ1) is 21.2. The molecular formula is C18H10ClF6N3O3. The van der Waals surface area contributed by atoms with Gasteiger partial charge in [-0.15, -0.1) is 0 Å². The molecule has 31 heavy (non-hydrogen) atoms. The van der Waals surface area contributed by atoms with Crippen molar-refractivity contribution in [1.29, 1.82) is 0 Å². The molecule has 0 aliphatic heterocycles. The summed E-state index contributed by atoms with van der Waals surface area (Å²) in [4.78, 5) is 17.8. The van der Waals surface area contributed by atoms with E-state index in [1.54, 1.807) is 0 Å². The summed E-state index contributed by atoms with van der Waals surface area (Å²) in [6.45, 7) is 0. The highest BCUT2D eigenvalue weighted by Gasteiger charge is 2.40. The van der Waals surface area contributed by atoms with Crippen molar-refractivity contribution in [2.75, 3.05) is 0 Å². The molecule has 1 saturated carbocycles. The Morgan fingerprint density at radius 1 is 1.10 bits per heavy atom. The van der Waals surface area contributed by atoms with Crippen LogP contribution in [0.5, 0.6) is 11.5 Å². The van der Waals surface area contributed by atoms with Crippen LogP contribution in [0, 0.1) is 0 Å². The highest BCUT2D eigenvalue weighted by atomic mass is 35.5. The summed E-state index contributed by atoms with van der Waals surface area (Å²) in [6, 6.07) is 3.43. The summed E-state index contributed by atoms with van der Waals surface area (Å²) in [7, 11) is 0. The van der Waals surface area contributed by atoms with E-state index in [0.717, 1.165) is 25.0 Å². The third-order valence-electron chi connectivity index (χ3n) is 4.36. The van der Waals surface area contributed by atoms with Gasteiger partial charge in [-0.05, 0) is 31.0 Å². The Morgan fingerprint density at radius 3 is 2.42 bits per heavy atom. The number of hydrogen-bond donors (Lipinski definition) is 1. The number of H-pyrrole nitrogens is 1. The van der Waals surface area contributed by atoms with Crippen LogP contribution in [-0.4, -0.2) is 15.1 Å². The van der Waals surface area contributed by atoms with Gasteiger partial charge in [0.05, 0.1) is 10.6 Å². The van der Waals surface area contributed by atoms with E-state index in [1.807, 2.05) is 0 Å². The Labute approximate surface area is 173 Å². The molecule has 0 saturated heterocycles. The first-order valence-corrected chi connectivity index (χ1v) is 9.04. The van der Waals surface area contributed by atoms with Gasteiger partial charge in [0, 0.05) is 12.0 Å². The monoisotopic (exact) mass is 465 g/mol. The Bertz CT molecular complexity index is 1200. The van der Waals surface area contributed by atoms with Crippen molar-refractivity contribution in [2.45, 2.75) is 31.1 Å². The van der Waals surface area contributed by atoms with Crippen LogP contribution in [0.2, 0.25) is 5.02 Å². The average molecular weight is 466 g/mol. The van der Waals surface area contributed by atoms with Gasteiger partial charge in [-0.2, -0.15) is 26.3 Å². The number of hydrogen-bond acceptors (Lipinski definition) is 5. The molecule has 1 aliphatic carbocycles. The van der Waals surface area contributed by atoms with Gasteiger partial charge in [0.1, 0.15) is 17.2 Å². The minimum atomic E-state index is -5.15. The van der Waals surface area contributed by atoms with Gasteiger partial charge in [-0.1, -0.05) is 16.8 Å². The molecule has 0 bridgehead atoms. The zero-order valence-electron chi connectivity index (χ0n) is 15.1. The Morgan fingerprint density at radius 2 is 1.81 bits per heavy atom. The molecule has 164 valence electrons. The maximum atomic E-state index is 13.6. The summed E-state index contributed by atoms with van der Waals surface area (Å²) in [6.07, 6.45) is -8.34. The molecule has 6 nitrogen and oxygen atoms in total. The van der Waals surface area contributed by atoms with E-state index in [9.17, 15) is 31.1 Å². The third-order valence-corrected chi connectivity index (χ3v) is 4.69. The van der Waals surface area contributed by atoms with E-state index in [1.165, 1.54) is 6.07 Å². The molecule has 2 heterocycles. The second-order valence-corrected chi connectivity index (χ2v) is 7.13. The molecule has 0 atom stereocenters. The summed E-state index contributed by atoms with van der Waals surface area (Å²) in [5.41, 5.74) is -4.55. The number of alkyl halides is 6. The SMILES string of the molecule is O=c1[nH]c(-c2cc(C3CC3)on2)nc(C(F)(F)F)c1Oc1ccc(Cl)c(C(F)(F)F)c1. The van der Waals surface area contributed by atoms with Crippen LogP contribution in [0.15, 0.2) is 33.6 Å². The van der Waals surface area contributed by atoms with E-state index in [0.29, 0.717) is 11.8 Å². The number of nitrogens with one attached hydrogen (secondary N) is 1. The predicted octanol–water partition coefficient (Wildman–Crippen LogP) is 5.79. The summed E-state index contributed by atoms with van der Waals surface area (Å²) in [5, 5.41) is 2.93. The van der Waals surface area contributed by atoms with Crippen LogP contribution in [0.3, 0.4) is 0 Å². The minimum Gasteiger partial charge on any atom is -0.449 e. The molecule has 13 heteroatoms. The summed E-state index contributed by atoms with van der Waals surface area (Å²) in [5.74, 6) is -1.96. The maximum absolute atomic E-state index is 13.6. The van der Waals surface area contributed by atoms with Crippen molar-refractivity contribution in [3.8, 4) is 23.0 Å². The highest BCUT2D eigenvalue weighted by Crippen LogP contribution is 2.42. The van der Waals surface area contributed by atoms with Crippen molar-refractivity contribution in [2.24, 2.45) is 0 Å². The number of nitrogens with zero attached hydrogens (tertiary/aromatic N) is 2. The van der Waals surface area contributed by atoms with Crippen molar-refractivity contribution in [1.82, 2.24) is 15.1 Å². The number of benzene rings is 1. The van der Waals surface area contributed by atoms with Crippen molar-refractivity contribution in [3.63, 3.8) is 0 Å². The first-order valence-electron chi connectivity index (χ1n) is 8.66. The Balaban J connectivity index is 1.76. The zero-order chi connectivity index (χ0) is 22.6. The van der Waals surface area contributed by atoms with E-state index in [4.69, 9.17) is 20.9 Å². The van der Waals surface area contributed by atoms with Crippen LogP contribution in [0.4, 0.5) is 26.3 Å². The van der Waals surface area contributed by atoms with E-state index < -0.39 is 51.5 Å².